The molecule has 1 N–H and O–H groups in total. The molecule has 0 aliphatic heterocycles. The van der Waals surface area contributed by atoms with E-state index in [9.17, 15) is 9.59 Å². The molecule has 0 bridgehead atoms. The van der Waals surface area contributed by atoms with Gasteiger partial charge in [0.05, 0.1) is 19.8 Å². The van der Waals surface area contributed by atoms with Crippen molar-refractivity contribution in [2.45, 2.75) is 20.4 Å². The van der Waals surface area contributed by atoms with E-state index in [-0.39, 0.29) is 0 Å². The quantitative estimate of drug-likeness (QED) is 0.292. The highest BCUT2D eigenvalue weighted by Crippen LogP contribution is 2.33. The number of aromatic nitrogens is 2. The third-order valence-electron chi connectivity index (χ3n) is 5.73. The van der Waals surface area contributed by atoms with Gasteiger partial charge in [0.1, 0.15) is 5.75 Å². The molecule has 4 rings (SSSR count). The largest absolute Gasteiger partial charge is 0.496 e. The molecule has 8 heteroatoms. The lowest BCUT2D eigenvalue weighted by atomic mass is 10.0. The van der Waals surface area contributed by atoms with E-state index in [4.69, 9.17) is 21.1 Å². The summed E-state index contributed by atoms with van der Waals surface area (Å²) < 4.78 is 12.6. The molecule has 2 aromatic heterocycles. The highest BCUT2D eigenvalue weighted by atomic mass is 35.5. The number of carbonyl (C=O) groups excluding carboxylic acids is 2. The Hall–Kier alpha value is -3.84. The van der Waals surface area contributed by atoms with Crippen LogP contribution in [0.15, 0.2) is 54.7 Å². The normalized spacial score (nSPS) is 10.9. The second-order valence-corrected chi connectivity index (χ2v) is 8.32. The Kier molecular flexibility index (Phi) is 6.56. The number of hydrogen-bond donors (Lipinski definition) is 1. The van der Waals surface area contributed by atoms with Gasteiger partial charge in [0.2, 0.25) is 5.88 Å². The van der Waals surface area contributed by atoms with E-state index in [0.29, 0.717) is 45.5 Å². The van der Waals surface area contributed by atoms with Crippen LogP contribution < -0.4 is 14.8 Å². The number of ether oxygens (including phenoxy) is 2. The van der Waals surface area contributed by atoms with Gasteiger partial charge in [0.25, 0.3) is 11.7 Å². The second kappa shape index (κ2) is 9.57. The highest BCUT2D eigenvalue weighted by molar-refractivity contribution is 6.48. The molecule has 2 heterocycles. The number of amides is 1. The minimum Gasteiger partial charge on any atom is -0.496 e. The summed E-state index contributed by atoms with van der Waals surface area (Å²) in [5.74, 6) is -0.411. The predicted octanol–water partition coefficient (Wildman–Crippen LogP) is 5.19. The van der Waals surface area contributed by atoms with Crippen molar-refractivity contribution in [2.75, 3.05) is 19.5 Å². The summed E-state index contributed by atoms with van der Waals surface area (Å²) in [5, 5.41) is 3.95. The van der Waals surface area contributed by atoms with Crippen molar-refractivity contribution < 1.29 is 19.1 Å². The third-order valence-corrected chi connectivity index (χ3v) is 5.98. The van der Waals surface area contributed by atoms with Gasteiger partial charge in [-0.2, -0.15) is 0 Å². The Morgan fingerprint density at radius 3 is 2.44 bits per heavy atom. The molecule has 0 spiro atoms. The monoisotopic (exact) mass is 477 g/mol. The number of aryl methyl sites for hydroxylation is 1. The summed E-state index contributed by atoms with van der Waals surface area (Å²) in [5.41, 5.74) is 4.22. The molecule has 0 saturated heterocycles. The molecule has 1 amide bonds. The minimum atomic E-state index is -0.749. The van der Waals surface area contributed by atoms with E-state index in [1.807, 2.05) is 54.8 Å². The van der Waals surface area contributed by atoms with Crippen LogP contribution in [0, 0.1) is 13.8 Å². The predicted molar refractivity (Wildman–Crippen MR) is 132 cm³/mol. The van der Waals surface area contributed by atoms with Gasteiger partial charge in [-0.15, -0.1) is 0 Å². The molecule has 4 aromatic rings. The van der Waals surface area contributed by atoms with Crippen LogP contribution in [0.1, 0.15) is 27.2 Å². The number of halogens is 1. The van der Waals surface area contributed by atoms with Crippen molar-refractivity contribution in [2.24, 2.45) is 0 Å². The number of fused-ring (bicyclic) bond motifs is 1. The number of nitrogens with zero attached hydrogens (tertiary/aromatic N) is 2. The summed E-state index contributed by atoms with van der Waals surface area (Å²) in [4.78, 5) is 30.4. The second-order valence-electron chi connectivity index (χ2n) is 7.88. The maximum Gasteiger partial charge on any atom is 0.296 e. The molecule has 34 heavy (non-hydrogen) atoms. The van der Waals surface area contributed by atoms with Crippen molar-refractivity contribution in [3.8, 4) is 11.6 Å². The fourth-order valence-electron chi connectivity index (χ4n) is 3.99. The number of carbonyl (C=O) groups is 2. The van der Waals surface area contributed by atoms with Gasteiger partial charge in [-0.25, -0.2) is 4.98 Å². The van der Waals surface area contributed by atoms with Crippen LogP contribution >= 0.6 is 11.6 Å². The van der Waals surface area contributed by atoms with Crippen molar-refractivity contribution in [3.05, 3.63) is 82.1 Å². The van der Waals surface area contributed by atoms with Gasteiger partial charge in [0.15, 0.2) is 0 Å². The first-order valence-electron chi connectivity index (χ1n) is 10.6. The lowest BCUT2D eigenvalue weighted by Crippen LogP contribution is -2.23. The van der Waals surface area contributed by atoms with Crippen LogP contribution in [0.4, 0.5) is 5.69 Å². The van der Waals surface area contributed by atoms with E-state index in [2.05, 4.69) is 10.3 Å². The Bertz CT molecular complexity index is 1390. The average Bonchev–Trinajstić information content (AvgIpc) is 3.09. The number of benzene rings is 2. The molecule has 0 saturated carbocycles. The van der Waals surface area contributed by atoms with Crippen molar-refractivity contribution >= 4 is 39.9 Å². The average molecular weight is 478 g/mol. The molecular formula is C26H24ClN3O4. The molecule has 0 atom stereocenters. The molecule has 174 valence electrons. The van der Waals surface area contributed by atoms with Gasteiger partial charge >= 0.3 is 0 Å². The molecule has 0 radical (unpaired) electrons. The first kappa shape index (κ1) is 23.3. The summed E-state index contributed by atoms with van der Waals surface area (Å²) in [6, 6.07) is 14.5. The number of Topliss-reactive ketones (excluding diaryl/α,β-unsaturated/α-hetero) is 1. The van der Waals surface area contributed by atoms with Crippen molar-refractivity contribution in [3.63, 3.8) is 0 Å². The summed E-state index contributed by atoms with van der Waals surface area (Å²) in [7, 11) is 3.06. The zero-order chi connectivity index (χ0) is 24.4. The molecule has 0 unspecified atom stereocenters. The zero-order valence-corrected chi connectivity index (χ0v) is 20.1. The maximum absolute atomic E-state index is 13.4. The van der Waals surface area contributed by atoms with Crippen molar-refractivity contribution in [1.82, 2.24) is 9.55 Å². The molecule has 7 nitrogen and oxygen atoms in total. The van der Waals surface area contributed by atoms with E-state index in [1.54, 1.807) is 19.2 Å². The van der Waals surface area contributed by atoms with E-state index >= 15 is 0 Å². The first-order chi connectivity index (χ1) is 16.3. The lowest BCUT2D eigenvalue weighted by Gasteiger charge is -2.10. The number of hydrogen-bond acceptors (Lipinski definition) is 5. The van der Waals surface area contributed by atoms with Crippen molar-refractivity contribution in [1.29, 1.82) is 0 Å². The number of anilines is 1. The number of nitrogens with one attached hydrogen (secondary N) is 1. The number of pyridine rings is 1. The van der Waals surface area contributed by atoms with Gasteiger partial charge in [-0.05, 0) is 55.3 Å². The van der Waals surface area contributed by atoms with Gasteiger partial charge in [0, 0.05) is 46.1 Å². The van der Waals surface area contributed by atoms with Crippen LogP contribution in [0.25, 0.3) is 10.9 Å². The van der Waals surface area contributed by atoms with Crippen LogP contribution in [-0.4, -0.2) is 35.5 Å². The van der Waals surface area contributed by atoms with Crippen LogP contribution in [0.3, 0.4) is 0 Å². The van der Waals surface area contributed by atoms with Crippen LogP contribution in [0.2, 0.25) is 5.02 Å². The standard InChI is InChI=1S/C26H24ClN3O4/c1-15-11-21-20(13-22(15)33-3)24(16(2)30(21)14-17-5-7-18(27)8-6-17)25(31)26(32)29-19-9-10-28-23(12-19)34-4/h5-13H,14H2,1-4H3,(H,28,29,32). The molecule has 0 fully saturated rings. The zero-order valence-electron chi connectivity index (χ0n) is 19.3. The fourth-order valence-corrected chi connectivity index (χ4v) is 4.12. The number of methoxy groups -OCH3 is 2. The van der Waals surface area contributed by atoms with E-state index in [1.165, 1.54) is 13.3 Å². The molecule has 0 aliphatic carbocycles. The Morgan fingerprint density at radius 2 is 1.76 bits per heavy atom. The van der Waals surface area contributed by atoms with Crippen LogP contribution in [-0.2, 0) is 11.3 Å². The fraction of sp³-hybridized carbons (Fsp3) is 0.192. The SMILES string of the molecule is COc1cc(NC(=O)C(=O)c2c(C)n(Cc3ccc(Cl)cc3)c3cc(C)c(OC)cc23)ccn1. The maximum atomic E-state index is 13.4. The molecule has 0 aliphatic rings. The molecular weight excluding hydrogens is 454 g/mol. The topological polar surface area (TPSA) is 82.5 Å². The number of rotatable bonds is 7. The Balaban J connectivity index is 1.78. The van der Waals surface area contributed by atoms with Gasteiger partial charge < -0.3 is 19.4 Å². The number of ketones is 1. The van der Waals surface area contributed by atoms with E-state index in [0.717, 1.165) is 16.6 Å². The minimum absolute atomic E-state index is 0.334. The summed E-state index contributed by atoms with van der Waals surface area (Å²) in [6.07, 6.45) is 1.50. The smallest absolute Gasteiger partial charge is 0.296 e. The first-order valence-corrected chi connectivity index (χ1v) is 11.0. The Labute approximate surface area is 202 Å². The summed E-state index contributed by atoms with van der Waals surface area (Å²) in [6.45, 7) is 4.30. The van der Waals surface area contributed by atoms with Gasteiger partial charge in [-0.1, -0.05) is 23.7 Å². The lowest BCUT2D eigenvalue weighted by molar-refractivity contribution is -0.112. The third kappa shape index (κ3) is 4.47. The summed E-state index contributed by atoms with van der Waals surface area (Å²) >= 11 is 6.04. The Morgan fingerprint density at radius 1 is 1.03 bits per heavy atom. The van der Waals surface area contributed by atoms with Gasteiger partial charge in [-0.3, -0.25) is 9.59 Å². The highest BCUT2D eigenvalue weighted by Gasteiger charge is 2.26. The molecule has 2 aromatic carbocycles. The van der Waals surface area contributed by atoms with Crippen LogP contribution in [0.5, 0.6) is 11.6 Å². The van der Waals surface area contributed by atoms with E-state index < -0.39 is 11.7 Å².